The zero-order chi connectivity index (χ0) is 15.9. The van der Waals surface area contributed by atoms with Crippen molar-refractivity contribution in [1.82, 2.24) is 0 Å². The largest absolute Gasteiger partial charge is 0.289 e. The Bertz CT molecular complexity index is 446. The molecule has 0 saturated carbocycles. The van der Waals surface area contributed by atoms with E-state index in [2.05, 4.69) is 74.4 Å². The van der Waals surface area contributed by atoms with Crippen molar-refractivity contribution in [3.8, 4) is 5.75 Å². The fraction of sp³-hybridized carbons (Fsp3) is 0.684. The molecule has 0 aliphatic heterocycles. The molecule has 0 N–H and O–H groups in total. The molecule has 0 aliphatic rings. The third-order valence-corrected chi connectivity index (χ3v) is 4.37. The van der Waals surface area contributed by atoms with E-state index < -0.39 is 0 Å². The Morgan fingerprint density at radius 2 is 1.15 bits per heavy atom. The maximum atomic E-state index is 12.8. The fourth-order valence-corrected chi connectivity index (χ4v) is 2.34. The lowest BCUT2D eigenvalue weighted by molar-refractivity contribution is 0.326. The summed E-state index contributed by atoms with van der Waals surface area (Å²) >= 11 is 0. The van der Waals surface area contributed by atoms with Gasteiger partial charge < -0.3 is 0 Å². The van der Waals surface area contributed by atoms with Crippen LogP contribution in [0.2, 0.25) is 0 Å². The predicted molar refractivity (Wildman–Crippen MR) is 87.3 cm³/mol. The van der Waals surface area contributed by atoms with Gasteiger partial charge in [-0.2, -0.15) is 0 Å². The summed E-state index contributed by atoms with van der Waals surface area (Å²) in [4.78, 5) is 0. The van der Waals surface area contributed by atoms with Gasteiger partial charge in [-0.05, 0) is 28.2 Å². The van der Waals surface area contributed by atoms with Gasteiger partial charge in [0.2, 0.25) is 0 Å². The van der Waals surface area contributed by atoms with Crippen LogP contribution in [0, 0.1) is 0 Å². The van der Waals surface area contributed by atoms with E-state index in [1.54, 1.807) is 0 Å². The molecule has 1 rings (SSSR count). The minimum Gasteiger partial charge on any atom is -0.289 e. The van der Waals surface area contributed by atoms with Crippen molar-refractivity contribution in [3.05, 3.63) is 28.8 Å². The van der Waals surface area contributed by atoms with Crippen molar-refractivity contribution >= 4 is 0 Å². The molecule has 1 radical (unpaired) electrons. The lowest BCUT2D eigenvalue weighted by atomic mass is 9.73. The molecule has 0 amide bonds. The molecule has 1 heteroatoms. The first kappa shape index (κ1) is 17.1. The summed E-state index contributed by atoms with van der Waals surface area (Å²) in [5.74, 6) is 0.223. The van der Waals surface area contributed by atoms with Crippen molar-refractivity contribution in [1.29, 1.82) is 0 Å². The first-order valence-electron chi connectivity index (χ1n) is 7.67. The lowest BCUT2D eigenvalue weighted by Crippen LogP contribution is -2.22. The van der Waals surface area contributed by atoms with E-state index in [-0.39, 0.29) is 22.0 Å². The Morgan fingerprint density at radius 1 is 0.800 bits per heavy atom. The summed E-state index contributed by atoms with van der Waals surface area (Å²) < 4.78 is 0. The Kier molecular flexibility index (Phi) is 4.35. The highest BCUT2D eigenvalue weighted by molar-refractivity contribution is 5.51. The van der Waals surface area contributed by atoms with E-state index in [9.17, 15) is 5.11 Å². The number of hydrogen-bond donors (Lipinski definition) is 0. The van der Waals surface area contributed by atoms with Crippen LogP contribution in [0.25, 0.3) is 0 Å². The minimum atomic E-state index is -0.114. The van der Waals surface area contributed by atoms with Crippen molar-refractivity contribution in [3.63, 3.8) is 0 Å². The number of benzene rings is 1. The van der Waals surface area contributed by atoms with Crippen LogP contribution in [-0.2, 0) is 21.4 Å². The smallest absolute Gasteiger partial charge is 0.186 e. The second-order valence-electron chi connectivity index (χ2n) is 8.64. The molecule has 0 fully saturated rings. The SMILES string of the molecule is CCC(C)(C)c1cc(C(C)(C)C)c([O])c(C(C)(C)C)c1. The molecule has 0 atom stereocenters. The van der Waals surface area contributed by atoms with E-state index in [1.165, 1.54) is 5.56 Å². The van der Waals surface area contributed by atoms with Crippen LogP contribution in [-0.4, -0.2) is 0 Å². The summed E-state index contributed by atoms with van der Waals surface area (Å²) in [5.41, 5.74) is 3.05. The predicted octanol–water partition coefficient (Wildman–Crippen LogP) is 6.11. The average Bonchev–Trinajstić information content (AvgIpc) is 2.25. The molecule has 0 heterocycles. The first-order valence-corrected chi connectivity index (χ1v) is 7.67. The maximum absolute atomic E-state index is 12.8. The summed E-state index contributed by atoms with van der Waals surface area (Å²) in [5, 5.41) is 12.8. The second kappa shape index (κ2) is 5.09. The summed E-state index contributed by atoms with van der Waals surface area (Å²) in [6.07, 6.45) is 1.07. The van der Waals surface area contributed by atoms with Crippen LogP contribution >= 0.6 is 0 Å². The van der Waals surface area contributed by atoms with Crippen LogP contribution in [0.3, 0.4) is 0 Å². The van der Waals surface area contributed by atoms with E-state index in [4.69, 9.17) is 0 Å². The number of hydrogen-bond acceptors (Lipinski definition) is 0. The Hall–Kier alpha value is -0.980. The fourth-order valence-electron chi connectivity index (χ4n) is 2.34. The quantitative estimate of drug-likeness (QED) is 0.620. The molecule has 1 nitrogen and oxygen atoms in total. The van der Waals surface area contributed by atoms with Gasteiger partial charge in [0, 0.05) is 11.1 Å². The van der Waals surface area contributed by atoms with Gasteiger partial charge in [0.1, 0.15) is 0 Å². The number of rotatable bonds is 2. The molecule has 0 spiro atoms. The van der Waals surface area contributed by atoms with Crippen LogP contribution in [0.5, 0.6) is 5.75 Å². The van der Waals surface area contributed by atoms with Crippen molar-refractivity contribution in [2.45, 2.75) is 85.0 Å². The third-order valence-electron chi connectivity index (χ3n) is 4.37. The molecule has 0 bridgehead atoms. The highest BCUT2D eigenvalue weighted by atomic mass is 16.3. The van der Waals surface area contributed by atoms with Crippen LogP contribution in [0.1, 0.15) is 85.4 Å². The van der Waals surface area contributed by atoms with Crippen molar-refractivity contribution in [2.75, 3.05) is 0 Å². The molecule has 0 unspecified atom stereocenters. The highest BCUT2D eigenvalue weighted by Crippen LogP contribution is 2.42. The van der Waals surface area contributed by atoms with E-state index >= 15 is 0 Å². The van der Waals surface area contributed by atoms with Crippen LogP contribution in [0.15, 0.2) is 12.1 Å². The van der Waals surface area contributed by atoms with E-state index in [0.717, 1.165) is 17.5 Å². The van der Waals surface area contributed by atoms with Crippen molar-refractivity contribution < 1.29 is 5.11 Å². The van der Waals surface area contributed by atoms with Gasteiger partial charge in [-0.25, -0.2) is 0 Å². The average molecular weight is 275 g/mol. The van der Waals surface area contributed by atoms with Gasteiger partial charge in [0.25, 0.3) is 0 Å². The van der Waals surface area contributed by atoms with Crippen LogP contribution < -0.4 is 0 Å². The molecule has 0 saturated heterocycles. The van der Waals surface area contributed by atoms with Gasteiger partial charge in [0.05, 0.1) is 0 Å². The molecule has 20 heavy (non-hydrogen) atoms. The molecular formula is C19H31O. The first-order chi connectivity index (χ1) is 8.80. The molecule has 1 aromatic rings. The Morgan fingerprint density at radius 3 is 1.40 bits per heavy atom. The van der Waals surface area contributed by atoms with Gasteiger partial charge >= 0.3 is 0 Å². The topological polar surface area (TPSA) is 19.9 Å². The monoisotopic (exact) mass is 275 g/mol. The summed E-state index contributed by atoms with van der Waals surface area (Å²) in [6.45, 7) is 19.5. The zero-order valence-electron chi connectivity index (χ0n) is 14.8. The van der Waals surface area contributed by atoms with E-state index in [1.807, 2.05) is 0 Å². The van der Waals surface area contributed by atoms with Gasteiger partial charge in [-0.15, -0.1) is 0 Å². The Labute approximate surface area is 125 Å². The van der Waals surface area contributed by atoms with Crippen molar-refractivity contribution in [2.24, 2.45) is 0 Å². The van der Waals surface area contributed by atoms with E-state index in [0.29, 0.717) is 0 Å². The normalized spacial score (nSPS) is 13.7. The van der Waals surface area contributed by atoms with Gasteiger partial charge in [0.15, 0.2) is 5.75 Å². The molecule has 113 valence electrons. The summed E-state index contributed by atoms with van der Waals surface area (Å²) in [7, 11) is 0. The lowest BCUT2D eigenvalue weighted by Gasteiger charge is -2.31. The Balaban J connectivity index is 3.68. The second-order valence-corrected chi connectivity index (χ2v) is 8.64. The maximum Gasteiger partial charge on any atom is 0.186 e. The highest BCUT2D eigenvalue weighted by Gasteiger charge is 2.30. The zero-order valence-corrected chi connectivity index (χ0v) is 14.8. The third kappa shape index (κ3) is 3.37. The standard InChI is InChI=1S/C19H31O/c1-10-19(8,9)13-11-14(17(2,3)4)16(20)15(12-13)18(5,6)7/h11-12H,10H2,1-9H3. The minimum absolute atomic E-state index is 0.105. The van der Waals surface area contributed by atoms with Gasteiger partial charge in [-0.3, -0.25) is 5.11 Å². The molecule has 1 aromatic carbocycles. The molecule has 0 aliphatic carbocycles. The summed E-state index contributed by atoms with van der Waals surface area (Å²) in [6, 6.07) is 4.28. The molecule has 0 aromatic heterocycles. The molecular weight excluding hydrogens is 244 g/mol. The van der Waals surface area contributed by atoms with Crippen LogP contribution in [0.4, 0.5) is 0 Å². The van der Waals surface area contributed by atoms with Gasteiger partial charge in [-0.1, -0.05) is 74.4 Å².